The van der Waals surface area contributed by atoms with Crippen molar-refractivity contribution >= 4 is 23.5 Å². The van der Waals surface area contributed by atoms with Crippen molar-refractivity contribution in [3.63, 3.8) is 0 Å². The number of alkyl halides is 2. The van der Waals surface area contributed by atoms with Crippen LogP contribution in [-0.4, -0.2) is 76.7 Å². The fourth-order valence-corrected chi connectivity index (χ4v) is 4.08. The van der Waals surface area contributed by atoms with Crippen LogP contribution >= 0.6 is 11.6 Å². The average molecular weight is 523 g/mol. The molecule has 1 aliphatic heterocycles. The highest BCUT2D eigenvalue weighted by Gasteiger charge is 2.27. The zero-order valence-electron chi connectivity index (χ0n) is 19.4. The van der Waals surface area contributed by atoms with Crippen molar-refractivity contribution in [2.24, 2.45) is 0 Å². The number of morpholine rings is 1. The van der Waals surface area contributed by atoms with Crippen molar-refractivity contribution in [2.45, 2.75) is 19.1 Å². The number of esters is 1. The molecule has 1 fully saturated rings. The van der Waals surface area contributed by atoms with Gasteiger partial charge in [-0.2, -0.15) is 13.9 Å². The molecule has 10 nitrogen and oxygen atoms in total. The van der Waals surface area contributed by atoms with Crippen molar-refractivity contribution in [3.05, 3.63) is 52.8 Å². The zero-order valence-corrected chi connectivity index (χ0v) is 20.2. The van der Waals surface area contributed by atoms with E-state index < -0.39 is 18.6 Å². The Hall–Kier alpha value is -3.35. The first-order valence-electron chi connectivity index (χ1n) is 11.1. The maximum absolute atomic E-state index is 13.4. The molecule has 3 heterocycles. The predicted octanol–water partition coefficient (Wildman–Crippen LogP) is 2.81. The van der Waals surface area contributed by atoms with Crippen LogP contribution in [-0.2, 0) is 20.7 Å². The van der Waals surface area contributed by atoms with Gasteiger partial charge >= 0.3 is 12.5 Å². The maximum atomic E-state index is 13.4. The molecule has 2 N–H and O–H groups in total. The van der Waals surface area contributed by atoms with E-state index in [0.717, 1.165) is 5.56 Å². The van der Waals surface area contributed by atoms with Crippen LogP contribution in [0.1, 0.15) is 17.7 Å². The molecule has 192 valence electrons. The molecule has 13 heteroatoms. The Morgan fingerprint density at radius 1 is 1.31 bits per heavy atom. The minimum absolute atomic E-state index is 0.0799. The van der Waals surface area contributed by atoms with Crippen LogP contribution in [0, 0.1) is 0 Å². The van der Waals surface area contributed by atoms with Gasteiger partial charge in [0.05, 0.1) is 19.4 Å². The van der Waals surface area contributed by atoms with Gasteiger partial charge in [0.2, 0.25) is 5.95 Å². The summed E-state index contributed by atoms with van der Waals surface area (Å²) in [6.07, 6.45) is 0.899. The number of methoxy groups -OCH3 is 1. The third-order valence-corrected chi connectivity index (χ3v) is 5.79. The predicted molar refractivity (Wildman–Crippen MR) is 127 cm³/mol. The van der Waals surface area contributed by atoms with Crippen LogP contribution in [0.25, 0.3) is 11.4 Å². The van der Waals surface area contributed by atoms with Gasteiger partial charge in [0, 0.05) is 43.9 Å². The number of carbonyl (C=O) groups is 1. The molecule has 0 saturated carbocycles. The number of carbonyl (C=O) groups excluding carboxylic acids is 1. The number of hydrogen-bond acceptors (Lipinski definition) is 9. The van der Waals surface area contributed by atoms with Crippen molar-refractivity contribution in [3.8, 4) is 17.1 Å². The Bertz CT molecular complexity index is 1190. The van der Waals surface area contributed by atoms with Crippen molar-refractivity contribution in [1.29, 1.82) is 0 Å². The molecule has 0 amide bonds. The minimum atomic E-state index is -2.83. The molecule has 0 aliphatic carbocycles. The zero-order chi connectivity index (χ0) is 25.7. The van der Waals surface area contributed by atoms with E-state index in [2.05, 4.69) is 20.0 Å². The molecule has 36 heavy (non-hydrogen) atoms. The number of halogens is 3. The summed E-state index contributed by atoms with van der Waals surface area (Å²) in [5.41, 5.74) is 7.43. The molecular weight excluding hydrogens is 498 g/mol. The molecular formula is C23H25ClF2N6O4. The van der Waals surface area contributed by atoms with Crippen molar-refractivity contribution in [1.82, 2.24) is 24.6 Å². The fraction of sp³-hybridized carbons (Fsp3) is 0.391. The lowest BCUT2D eigenvalue weighted by molar-refractivity contribution is -0.159. The van der Waals surface area contributed by atoms with E-state index in [0.29, 0.717) is 48.8 Å². The van der Waals surface area contributed by atoms with Crippen molar-refractivity contribution < 1.29 is 27.8 Å². The normalized spacial score (nSPS) is 16.3. The lowest BCUT2D eigenvalue weighted by Gasteiger charge is -2.31. The number of para-hydroxylation sites is 1. The van der Waals surface area contributed by atoms with Gasteiger partial charge < -0.3 is 19.9 Å². The second kappa shape index (κ2) is 11.6. The quantitative estimate of drug-likeness (QED) is 0.334. The van der Waals surface area contributed by atoms with E-state index in [-0.39, 0.29) is 28.9 Å². The highest BCUT2D eigenvalue weighted by molar-refractivity contribution is 6.29. The van der Waals surface area contributed by atoms with Gasteiger partial charge in [0.1, 0.15) is 23.2 Å². The van der Waals surface area contributed by atoms with Crippen molar-refractivity contribution in [2.75, 3.05) is 45.7 Å². The minimum Gasteiger partial charge on any atom is -0.492 e. The first kappa shape index (κ1) is 25.7. The number of hydrogen-bond donors (Lipinski definition) is 1. The van der Waals surface area contributed by atoms with Gasteiger partial charge in [-0.25, -0.2) is 19.4 Å². The standard InChI is InChI=1S/C23H25ClF2N6O4/c1-34-21(33)18-13-31(7-9-36-18)6-8-35-17-5-3-2-4-14(17)10-15-12-32(22(25)26)30-20(15)16-11-19(24)29-23(27)28-16/h2-5,11-12,18,22H,6-10,13H2,1H3,(H2,27,28,29)/t18-/m0/s1. The molecule has 0 spiro atoms. The number of rotatable bonds is 9. The van der Waals surface area contributed by atoms with Crippen LogP contribution in [0.3, 0.4) is 0 Å². The Morgan fingerprint density at radius 2 is 2.11 bits per heavy atom. The van der Waals surface area contributed by atoms with E-state index in [9.17, 15) is 13.6 Å². The summed E-state index contributed by atoms with van der Waals surface area (Å²) in [5, 5.41) is 4.08. The smallest absolute Gasteiger partial charge is 0.336 e. The monoisotopic (exact) mass is 522 g/mol. The molecule has 1 saturated heterocycles. The number of nitrogen functional groups attached to an aromatic ring is 1. The molecule has 2 aromatic heterocycles. The summed E-state index contributed by atoms with van der Waals surface area (Å²) in [7, 11) is 1.33. The number of anilines is 1. The SMILES string of the molecule is COC(=O)[C@@H]1CN(CCOc2ccccc2Cc2cn(C(F)F)nc2-c2cc(Cl)nc(N)n2)CCO1. The molecule has 0 radical (unpaired) electrons. The summed E-state index contributed by atoms with van der Waals surface area (Å²) in [6.45, 7) is -0.409. The summed E-state index contributed by atoms with van der Waals surface area (Å²) >= 11 is 5.99. The van der Waals surface area contributed by atoms with Gasteiger partial charge in [-0.05, 0) is 11.6 Å². The third kappa shape index (κ3) is 6.25. The summed E-state index contributed by atoms with van der Waals surface area (Å²) in [4.78, 5) is 21.7. The van der Waals surface area contributed by atoms with Gasteiger partial charge in [-0.1, -0.05) is 29.8 Å². The third-order valence-electron chi connectivity index (χ3n) is 5.60. The van der Waals surface area contributed by atoms with Gasteiger partial charge in [0.15, 0.2) is 6.10 Å². The van der Waals surface area contributed by atoms with Crippen LogP contribution in [0.4, 0.5) is 14.7 Å². The molecule has 4 rings (SSSR count). The maximum Gasteiger partial charge on any atom is 0.336 e. The van der Waals surface area contributed by atoms with E-state index in [1.807, 2.05) is 24.3 Å². The fourth-order valence-electron chi connectivity index (χ4n) is 3.89. The van der Waals surface area contributed by atoms with E-state index in [1.54, 1.807) is 0 Å². The first-order chi connectivity index (χ1) is 17.3. The number of benzene rings is 1. The summed E-state index contributed by atoms with van der Waals surface area (Å²) in [6, 6.07) is 8.74. The highest BCUT2D eigenvalue weighted by Crippen LogP contribution is 2.29. The number of aromatic nitrogens is 4. The van der Waals surface area contributed by atoms with E-state index in [1.165, 1.54) is 19.4 Å². The second-order valence-electron chi connectivity index (χ2n) is 8.01. The second-order valence-corrected chi connectivity index (χ2v) is 8.40. The molecule has 1 aromatic carbocycles. The van der Waals surface area contributed by atoms with Crippen LogP contribution < -0.4 is 10.5 Å². The molecule has 0 bridgehead atoms. The molecule has 0 unspecified atom stereocenters. The van der Waals surface area contributed by atoms with E-state index >= 15 is 0 Å². The van der Waals surface area contributed by atoms with Gasteiger partial charge in [0.25, 0.3) is 0 Å². The van der Waals surface area contributed by atoms with E-state index in [4.69, 9.17) is 31.5 Å². The van der Waals surface area contributed by atoms with Crippen LogP contribution in [0.15, 0.2) is 36.5 Å². The largest absolute Gasteiger partial charge is 0.492 e. The number of nitrogens with two attached hydrogens (primary N) is 1. The lowest BCUT2D eigenvalue weighted by Crippen LogP contribution is -2.47. The Kier molecular flexibility index (Phi) is 8.28. The first-order valence-corrected chi connectivity index (χ1v) is 11.5. The molecule has 3 aromatic rings. The topological polar surface area (TPSA) is 118 Å². The average Bonchev–Trinajstić information content (AvgIpc) is 3.28. The van der Waals surface area contributed by atoms with Crippen LogP contribution in [0.2, 0.25) is 5.15 Å². The number of nitrogens with zero attached hydrogens (tertiary/aromatic N) is 5. The Balaban J connectivity index is 1.49. The lowest BCUT2D eigenvalue weighted by atomic mass is 10.0. The molecule has 1 aliphatic rings. The summed E-state index contributed by atoms with van der Waals surface area (Å²) < 4.78 is 43.7. The molecule has 1 atom stereocenters. The highest BCUT2D eigenvalue weighted by atomic mass is 35.5. The Labute approximate surface area is 210 Å². The van der Waals surface area contributed by atoms with Gasteiger partial charge in [-0.15, -0.1) is 0 Å². The summed E-state index contributed by atoms with van der Waals surface area (Å²) in [5.74, 6) is 0.112. The number of ether oxygens (including phenoxy) is 3. The van der Waals surface area contributed by atoms with Crippen LogP contribution in [0.5, 0.6) is 5.75 Å². The van der Waals surface area contributed by atoms with Gasteiger partial charge in [-0.3, -0.25) is 4.90 Å². The Morgan fingerprint density at radius 3 is 2.86 bits per heavy atom.